The topological polar surface area (TPSA) is 105 Å². The molecule has 6 rings (SSSR count). The molecule has 5 aromatic rings. The highest BCUT2D eigenvalue weighted by Crippen LogP contribution is 2.44. The van der Waals surface area contributed by atoms with Crippen LogP contribution < -0.4 is 15.4 Å². The van der Waals surface area contributed by atoms with E-state index >= 15 is 0 Å². The number of benzene rings is 4. The number of H-pyrrole nitrogens is 1. The third-order valence-corrected chi connectivity index (χ3v) is 6.90. The number of fused-ring (bicyclic) bond motifs is 1. The standard InChI is InChI=1S/C32H28N6O2/c1-20-12-14-24(15-13-20)33-32(39)34-29-18-23(25-10-6-7-11-26(25)31-35-37-38-36-31)17-28-27(22-8-4-3-5-9-22)16-21(2)19-40-30(28)29/h3-18,27H,19H2,1-2H3,(H2,33,34,39)(H,35,36,37,38). The Hall–Kier alpha value is -5.24. The average molecular weight is 529 g/mol. The lowest BCUT2D eigenvalue weighted by molar-refractivity contribution is 0.262. The molecule has 4 aromatic carbocycles. The molecule has 1 aliphatic heterocycles. The Morgan fingerprint density at radius 2 is 1.65 bits per heavy atom. The van der Waals surface area contributed by atoms with Crippen molar-refractivity contribution in [3.8, 4) is 28.3 Å². The van der Waals surface area contributed by atoms with Crippen molar-refractivity contribution in [2.24, 2.45) is 0 Å². The summed E-state index contributed by atoms with van der Waals surface area (Å²) >= 11 is 0. The Labute approximate surface area is 232 Å². The number of ether oxygens (including phenoxy) is 1. The lowest BCUT2D eigenvalue weighted by atomic mass is 9.86. The molecule has 8 nitrogen and oxygen atoms in total. The minimum Gasteiger partial charge on any atom is -0.487 e. The Kier molecular flexibility index (Phi) is 6.80. The zero-order chi connectivity index (χ0) is 27.5. The molecule has 3 N–H and O–H groups in total. The molecule has 0 radical (unpaired) electrons. The number of aryl methyl sites for hydroxylation is 1. The fourth-order valence-electron chi connectivity index (χ4n) is 4.97. The summed E-state index contributed by atoms with van der Waals surface area (Å²) < 4.78 is 6.35. The van der Waals surface area contributed by atoms with Crippen LogP contribution in [0.3, 0.4) is 0 Å². The van der Waals surface area contributed by atoms with Crippen molar-refractivity contribution in [3.05, 3.63) is 119 Å². The maximum absolute atomic E-state index is 13.2. The van der Waals surface area contributed by atoms with Crippen LogP contribution in [0.15, 0.2) is 103 Å². The first kappa shape index (κ1) is 25.1. The molecule has 0 spiro atoms. The molecule has 1 aliphatic rings. The van der Waals surface area contributed by atoms with Gasteiger partial charge in [-0.05, 0) is 70.8 Å². The molecule has 0 fully saturated rings. The number of hydrogen-bond acceptors (Lipinski definition) is 5. The highest BCUT2D eigenvalue weighted by Gasteiger charge is 2.25. The molecule has 2 heterocycles. The SMILES string of the molecule is CC1=CC(c2ccccc2)c2cc(-c3ccccc3-c3nnn[nH]3)cc(NC(=O)Nc3ccc(C)cc3)c2OC1. The lowest BCUT2D eigenvalue weighted by Crippen LogP contribution is -2.20. The minimum absolute atomic E-state index is 0.0709. The van der Waals surface area contributed by atoms with E-state index in [4.69, 9.17) is 4.74 Å². The molecule has 0 aliphatic carbocycles. The van der Waals surface area contributed by atoms with Crippen LogP contribution in [0.5, 0.6) is 5.75 Å². The third-order valence-electron chi connectivity index (χ3n) is 6.90. The number of hydrogen-bond donors (Lipinski definition) is 3. The zero-order valence-corrected chi connectivity index (χ0v) is 22.2. The quantitative estimate of drug-likeness (QED) is 0.214. The molecule has 1 aromatic heterocycles. The molecule has 40 heavy (non-hydrogen) atoms. The van der Waals surface area contributed by atoms with Crippen molar-refractivity contribution in [3.63, 3.8) is 0 Å². The number of urea groups is 1. The molecule has 0 saturated heterocycles. The second kappa shape index (κ2) is 10.9. The number of nitrogens with one attached hydrogen (secondary N) is 3. The van der Waals surface area contributed by atoms with Crippen LogP contribution in [0.1, 0.15) is 29.5 Å². The zero-order valence-electron chi connectivity index (χ0n) is 22.2. The van der Waals surface area contributed by atoms with Crippen molar-refractivity contribution in [1.82, 2.24) is 20.6 Å². The van der Waals surface area contributed by atoms with E-state index in [1.165, 1.54) is 0 Å². The monoisotopic (exact) mass is 528 g/mol. The maximum Gasteiger partial charge on any atom is 0.323 e. The van der Waals surface area contributed by atoms with E-state index in [9.17, 15) is 4.79 Å². The van der Waals surface area contributed by atoms with Gasteiger partial charge in [-0.3, -0.25) is 0 Å². The van der Waals surface area contributed by atoms with Gasteiger partial charge in [0.25, 0.3) is 0 Å². The highest BCUT2D eigenvalue weighted by atomic mass is 16.5. The summed E-state index contributed by atoms with van der Waals surface area (Å²) in [7, 11) is 0. The Bertz CT molecular complexity index is 1680. The van der Waals surface area contributed by atoms with Crippen molar-refractivity contribution < 1.29 is 9.53 Å². The van der Waals surface area contributed by atoms with Gasteiger partial charge < -0.3 is 15.4 Å². The van der Waals surface area contributed by atoms with Crippen LogP contribution in [-0.2, 0) is 0 Å². The summed E-state index contributed by atoms with van der Waals surface area (Å²) in [5.74, 6) is 1.13. The summed E-state index contributed by atoms with van der Waals surface area (Å²) in [5, 5.41) is 20.5. The molecule has 1 unspecified atom stereocenters. The van der Waals surface area contributed by atoms with Crippen LogP contribution in [-0.4, -0.2) is 33.3 Å². The van der Waals surface area contributed by atoms with Crippen LogP contribution in [0.25, 0.3) is 22.5 Å². The van der Waals surface area contributed by atoms with E-state index in [-0.39, 0.29) is 11.9 Å². The second-order valence-corrected chi connectivity index (χ2v) is 9.87. The lowest BCUT2D eigenvalue weighted by Gasteiger charge is -2.21. The molecule has 8 heteroatoms. The van der Waals surface area contributed by atoms with Gasteiger partial charge in [0.05, 0.1) is 5.69 Å². The number of aromatic nitrogens is 4. The minimum atomic E-state index is -0.357. The molecular formula is C32H28N6O2. The number of carbonyl (C=O) groups excluding carboxylic acids is 1. The first-order chi connectivity index (χ1) is 19.5. The summed E-state index contributed by atoms with van der Waals surface area (Å²) in [5.41, 5.74) is 8.25. The number of tetrazole rings is 1. The van der Waals surface area contributed by atoms with E-state index in [2.05, 4.69) is 62.5 Å². The molecule has 198 valence electrons. The smallest absolute Gasteiger partial charge is 0.323 e. The number of carbonyl (C=O) groups is 1. The number of nitrogens with zero attached hydrogens (tertiary/aromatic N) is 3. The van der Waals surface area contributed by atoms with Gasteiger partial charge in [-0.2, -0.15) is 0 Å². The van der Waals surface area contributed by atoms with Crippen molar-refractivity contribution in [2.45, 2.75) is 19.8 Å². The number of aromatic amines is 1. The van der Waals surface area contributed by atoms with Gasteiger partial charge in [-0.1, -0.05) is 78.4 Å². The van der Waals surface area contributed by atoms with Gasteiger partial charge in [-0.25, -0.2) is 9.89 Å². The third kappa shape index (κ3) is 5.19. The van der Waals surface area contributed by atoms with Crippen LogP contribution in [0.2, 0.25) is 0 Å². The summed E-state index contributed by atoms with van der Waals surface area (Å²) in [6.07, 6.45) is 2.23. The molecule has 1 atom stereocenters. The largest absolute Gasteiger partial charge is 0.487 e. The summed E-state index contributed by atoms with van der Waals surface area (Å²) in [6.45, 7) is 4.49. The Morgan fingerprint density at radius 1 is 0.900 bits per heavy atom. The Morgan fingerprint density at radius 3 is 2.40 bits per heavy atom. The number of amides is 2. The first-order valence-corrected chi connectivity index (χ1v) is 13.1. The fraction of sp³-hybridized carbons (Fsp3) is 0.125. The van der Waals surface area contributed by atoms with Crippen LogP contribution in [0.4, 0.5) is 16.2 Å². The molecular weight excluding hydrogens is 500 g/mol. The molecule has 0 saturated carbocycles. The van der Waals surface area contributed by atoms with Crippen molar-refractivity contribution >= 4 is 17.4 Å². The van der Waals surface area contributed by atoms with Crippen LogP contribution in [0, 0.1) is 6.92 Å². The van der Waals surface area contributed by atoms with Gasteiger partial charge in [0.1, 0.15) is 12.4 Å². The maximum atomic E-state index is 13.2. The predicted molar refractivity (Wildman–Crippen MR) is 156 cm³/mol. The second-order valence-electron chi connectivity index (χ2n) is 9.87. The van der Waals surface area contributed by atoms with Gasteiger partial charge >= 0.3 is 6.03 Å². The highest BCUT2D eigenvalue weighted by molar-refractivity contribution is 6.01. The van der Waals surface area contributed by atoms with E-state index in [1.54, 1.807) is 0 Å². The average Bonchev–Trinajstić information content (AvgIpc) is 3.46. The predicted octanol–water partition coefficient (Wildman–Crippen LogP) is 6.96. The summed E-state index contributed by atoms with van der Waals surface area (Å²) in [6, 6.07) is 29.6. The summed E-state index contributed by atoms with van der Waals surface area (Å²) in [4.78, 5) is 13.2. The van der Waals surface area contributed by atoms with Crippen molar-refractivity contribution in [1.29, 1.82) is 0 Å². The number of allylic oxidation sites excluding steroid dienone is 1. The van der Waals surface area contributed by atoms with Gasteiger partial charge in [0.2, 0.25) is 0 Å². The van der Waals surface area contributed by atoms with Crippen LogP contribution >= 0.6 is 0 Å². The van der Waals surface area contributed by atoms with E-state index in [1.807, 2.05) is 79.7 Å². The fourth-order valence-corrected chi connectivity index (χ4v) is 4.97. The number of anilines is 2. The van der Waals surface area contributed by atoms with E-state index in [0.29, 0.717) is 29.6 Å². The van der Waals surface area contributed by atoms with E-state index in [0.717, 1.165) is 39.0 Å². The Balaban J connectivity index is 1.49. The molecule has 2 amide bonds. The van der Waals surface area contributed by atoms with Gasteiger partial charge in [0.15, 0.2) is 5.82 Å². The van der Waals surface area contributed by atoms with Gasteiger partial charge in [-0.15, -0.1) is 5.10 Å². The van der Waals surface area contributed by atoms with E-state index < -0.39 is 0 Å². The first-order valence-electron chi connectivity index (χ1n) is 13.1. The normalized spacial score (nSPS) is 14.3. The van der Waals surface area contributed by atoms with Gasteiger partial charge in [0, 0.05) is 22.7 Å². The number of rotatable bonds is 5. The van der Waals surface area contributed by atoms with Crippen molar-refractivity contribution in [2.75, 3.05) is 17.2 Å². The molecule has 0 bridgehead atoms.